The number of hydrogen-bond donors (Lipinski definition) is 1. The number of amidine groups is 1. The molecule has 156 valence electrons. The minimum Gasteiger partial charge on any atom is -0.497 e. The molecule has 8 nitrogen and oxygen atoms in total. The van der Waals surface area contributed by atoms with Gasteiger partial charge in [-0.1, -0.05) is 34.7 Å². The fourth-order valence-corrected chi connectivity index (χ4v) is 3.96. The zero-order valence-corrected chi connectivity index (χ0v) is 17.8. The van der Waals surface area contributed by atoms with Crippen molar-refractivity contribution >= 4 is 33.4 Å². The van der Waals surface area contributed by atoms with Crippen molar-refractivity contribution in [1.82, 2.24) is 10.4 Å². The molecule has 0 fully saturated rings. The fourth-order valence-electron chi connectivity index (χ4n) is 3.05. The Balaban J connectivity index is 1.56. The molecule has 1 aliphatic heterocycles. The third kappa shape index (κ3) is 3.71. The van der Waals surface area contributed by atoms with Crippen LogP contribution < -0.4 is 19.6 Å². The molecule has 9 heteroatoms. The van der Waals surface area contributed by atoms with E-state index in [4.69, 9.17) is 19.0 Å². The number of carbonyl (C=O) groups is 1. The third-order valence-corrected chi connectivity index (χ3v) is 5.55. The lowest BCUT2D eigenvalue weighted by molar-refractivity contribution is -0.0828. The Labute approximate surface area is 177 Å². The molecule has 0 saturated heterocycles. The summed E-state index contributed by atoms with van der Waals surface area (Å²) in [6.07, 6.45) is -0.652. The largest absolute Gasteiger partial charge is 0.497 e. The number of ether oxygens (including phenoxy) is 3. The predicted molar refractivity (Wildman–Crippen MR) is 114 cm³/mol. The van der Waals surface area contributed by atoms with E-state index in [0.717, 1.165) is 10.1 Å². The normalized spacial score (nSPS) is 14.8. The molecule has 4 rings (SSSR count). The number of thiophene rings is 1. The number of benzene rings is 2. The van der Waals surface area contributed by atoms with Crippen molar-refractivity contribution < 1.29 is 23.8 Å². The SMILES string of the molecule is COc1ccc(C2=NOC(C)(C)N2NC(=O)Oc2cc3ccccc3s2)c(OC)c1. The lowest BCUT2D eigenvalue weighted by Crippen LogP contribution is -2.55. The van der Waals surface area contributed by atoms with Gasteiger partial charge < -0.3 is 19.0 Å². The fraction of sp³-hybridized carbons (Fsp3) is 0.238. The number of nitrogens with zero attached hydrogens (tertiary/aromatic N) is 2. The summed E-state index contributed by atoms with van der Waals surface area (Å²) in [6, 6.07) is 14.9. The van der Waals surface area contributed by atoms with Gasteiger partial charge in [-0.15, -0.1) is 0 Å². The van der Waals surface area contributed by atoms with Gasteiger partial charge in [0.25, 0.3) is 0 Å². The van der Waals surface area contributed by atoms with Crippen LogP contribution in [0.5, 0.6) is 16.6 Å². The van der Waals surface area contributed by atoms with E-state index in [9.17, 15) is 4.79 Å². The van der Waals surface area contributed by atoms with Crippen molar-refractivity contribution in [3.05, 3.63) is 54.1 Å². The maximum Gasteiger partial charge on any atom is 0.432 e. The second-order valence-corrected chi connectivity index (χ2v) is 8.01. The third-order valence-electron chi connectivity index (χ3n) is 4.55. The number of rotatable bonds is 5. The predicted octanol–water partition coefficient (Wildman–Crippen LogP) is 4.35. The Morgan fingerprint density at radius 2 is 1.93 bits per heavy atom. The number of oxime groups is 1. The monoisotopic (exact) mass is 427 g/mol. The van der Waals surface area contributed by atoms with Crippen LogP contribution in [0.15, 0.2) is 53.7 Å². The highest BCUT2D eigenvalue weighted by atomic mass is 32.1. The summed E-state index contributed by atoms with van der Waals surface area (Å²) in [5.74, 6) is 1.55. The zero-order valence-electron chi connectivity index (χ0n) is 17.0. The van der Waals surface area contributed by atoms with Gasteiger partial charge in [0.2, 0.25) is 11.6 Å². The van der Waals surface area contributed by atoms with Gasteiger partial charge in [-0.25, -0.2) is 15.2 Å². The Morgan fingerprint density at radius 3 is 2.67 bits per heavy atom. The summed E-state index contributed by atoms with van der Waals surface area (Å²) >= 11 is 1.39. The first-order valence-electron chi connectivity index (χ1n) is 9.17. The van der Waals surface area contributed by atoms with Gasteiger partial charge in [-0.3, -0.25) is 0 Å². The summed E-state index contributed by atoms with van der Waals surface area (Å²) in [5.41, 5.74) is 2.43. The Morgan fingerprint density at radius 1 is 1.13 bits per heavy atom. The van der Waals surface area contributed by atoms with Gasteiger partial charge in [0.05, 0.1) is 19.8 Å². The van der Waals surface area contributed by atoms with Gasteiger partial charge >= 0.3 is 6.09 Å². The number of fused-ring (bicyclic) bond motifs is 1. The van der Waals surface area contributed by atoms with E-state index in [1.807, 2.05) is 30.3 Å². The Kier molecular flexibility index (Phi) is 5.13. The van der Waals surface area contributed by atoms with Crippen molar-refractivity contribution in [2.24, 2.45) is 5.16 Å². The second-order valence-electron chi connectivity index (χ2n) is 6.96. The van der Waals surface area contributed by atoms with Crippen LogP contribution in [0.4, 0.5) is 4.79 Å². The van der Waals surface area contributed by atoms with Gasteiger partial charge in [-0.2, -0.15) is 0 Å². The molecular formula is C21H21N3O5S. The highest BCUT2D eigenvalue weighted by molar-refractivity contribution is 7.20. The van der Waals surface area contributed by atoms with Crippen molar-refractivity contribution in [3.8, 4) is 16.6 Å². The molecule has 0 spiro atoms. The molecule has 3 aromatic rings. The van der Waals surface area contributed by atoms with E-state index >= 15 is 0 Å². The number of hydrazine groups is 1. The molecular weight excluding hydrogens is 406 g/mol. The van der Waals surface area contributed by atoms with Crippen molar-refractivity contribution in [1.29, 1.82) is 0 Å². The molecule has 0 saturated carbocycles. The van der Waals surface area contributed by atoms with Crippen LogP contribution >= 0.6 is 11.3 Å². The van der Waals surface area contributed by atoms with Gasteiger partial charge in [-0.05, 0) is 37.4 Å². The number of carbonyl (C=O) groups excluding carboxylic acids is 1. The van der Waals surface area contributed by atoms with Crippen LogP contribution in [0.1, 0.15) is 19.4 Å². The molecule has 0 aliphatic carbocycles. The van der Waals surface area contributed by atoms with Crippen LogP contribution in [0, 0.1) is 0 Å². The van der Waals surface area contributed by atoms with E-state index in [1.54, 1.807) is 46.3 Å². The highest BCUT2D eigenvalue weighted by Gasteiger charge is 2.41. The van der Waals surface area contributed by atoms with Gasteiger partial charge in [0.1, 0.15) is 11.5 Å². The smallest absolute Gasteiger partial charge is 0.432 e. The van der Waals surface area contributed by atoms with Gasteiger partial charge in [0, 0.05) is 16.8 Å². The molecule has 0 radical (unpaired) electrons. The molecule has 2 aromatic carbocycles. The van der Waals surface area contributed by atoms with E-state index < -0.39 is 11.8 Å². The second kappa shape index (κ2) is 7.75. The number of methoxy groups -OCH3 is 2. The molecule has 0 bridgehead atoms. The van der Waals surface area contributed by atoms with Crippen LogP contribution in [-0.2, 0) is 4.84 Å². The minimum atomic E-state index is -0.931. The summed E-state index contributed by atoms with van der Waals surface area (Å²) in [6.45, 7) is 3.55. The van der Waals surface area contributed by atoms with Crippen molar-refractivity contribution in [2.75, 3.05) is 14.2 Å². The zero-order chi connectivity index (χ0) is 21.3. The number of amides is 1. The highest BCUT2D eigenvalue weighted by Crippen LogP contribution is 2.33. The molecule has 2 heterocycles. The Bertz CT molecular complexity index is 1090. The summed E-state index contributed by atoms with van der Waals surface area (Å²) in [7, 11) is 3.12. The van der Waals surface area contributed by atoms with E-state index in [-0.39, 0.29) is 0 Å². The van der Waals surface area contributed by atoms with E-state index in [2.05, 4.69) is 10.6 Å². The minimum absolute atomic E-state index is 0.382. The van der Waals surface area contributed by atoms with Crippen molar-refractivity contribution in [2.45, 2.75) is 19.6 Å². The molecule has 1 amide bonds. The molecule has 1 N–H and O–H groups in total. The van der Waals surface area contributed by atoms with Crippen LogP contribution in [0.3, 0.4) is 0 Å². The number of hydrogen-bond acceptors (Lipinski definition) is 8. The molecule has 1 aliphatic rings. The average molecular weight is 427 g/mol. The van der Waals surface area contributed by atoms with E-state index in [0.29, 0.717) is 28.0 Å². The first-order valence-corrected chi connectivity index (χ1v) is 9.99. The molecule has 0 atom stereocenters. The number of nitrogens with one attached hydrogen (secondary N) is 1. The quantitative estimate of drug-likeness (QED) is 0.652. The standard InChI is InChI=1S/C21H21N3O5S/c1-21(2)24(19(23-29-21)15-10-9-14(26-3)12-16(15)27-4)22-20(25)28-18-11-13-7-5-6-8-17(13)30-18/h5-12H,1-4H3,(H,22,25). The Hall–Kier alpha value is -3.46. The van der Waals surface area contributed by atoms with Crippen LogP contribution in [0.2, 0.25) is 0 Å². The summed E-state index contributed by atoms with van der Waals surface area (Å²) < 4.78 is 17.2. The molecule has 0 unspecified atom stereocenters. The maximum atomic E-state index is 12.6. The molecule has 30 heavy (non-hydrogen) atoms. The van der Waals surface area contributed by atoms with E-state index in [1.165, 1.54) is 16.3 Å². The topological polar surface area (TPSA) is 81.6 Å². The average Bonchev–Trinajstić information content (AvgIpc) is 3.27. The van der Waals surface area contributed by atoms with Crippen LogP contribution in [-0.4, -0.2) is 36.9 Å². The summed E-state index contributed by atoms with van der Waals surface area (Å²) in [4.78, 5) is 18.2. The molecule has 1 aromatic heterocycles. The first kappa shape index (κ1) is 19.8. The van der Waals surface area contributed by atoms with Gasteiger partial charge in [0.15, 0.2) is 5.06 Å². The lowest BCUT2D eigenvalue weighted by Gasteiger charge is -2.30. The maximum absolute atomic E-state index is 12.6. The van der Waals surface area contributed by atoms with Crippen molar-refractivity contribution in [3.63, 3.8) is 0 Å². The lowest BCUT2D eigenvalue weighted by atomic mass is 10.1. The summed E-state index contributed by atoms with van der Waals surface area (Å²) in [5, 5.41) is 7.17. The van der Waals surface area contributed by atoms with Crippen LogP contribution in [0.25, 0.3) is 10.1 Å². The first-order chi connectivity index (χ1) is 14.4.